The van der Waals surface area contributed by atoms with E-state index >= 15 is 0 Å². The summed E-state index contributed by atoms with van der Waals surface area (Å²) in [6.07, 6.45) is 10.4. The Bertz CT molecular complexity index is 556. The van der Waals surface area contributed by atoms with Crippen LogP contribution >= 0.6 is 11.8 Å². The van der Waals surface area contributed by atoms with Gasteiger partial charge < -0.3 is 10.2 Å². The molecule has 0 aliphatic carbocycles. The third kappa shape index (κ3) is 10.3. The molecule has 0 unspecified atom stereocenters. The minimum atomic E-state index is 0.145. The summed E-state index contributed by atoms with van der Waals surface area (Å²) in [5.41, 5.74) is 1.27. The van der Waals surface area contributed by atoms with Crippen LogP contribution in [0.2, 0.25) is 0 Å². The lowest BCUT2D eigenvalue weighted by molar-refractivity contribution is 0.143. The van der Waals surface area contributed by atoms with Crippen molar-refractivity contribution in [3.8, 4) is 0 Å². The predicted molar refractivity (Wildman–Crippen MR) is 123 cm³/mol. The third-order valence-corrected chi connectivity index (χ3v) is 5.99. The second kappa shape index (κ2) is 14.7. The average Bonchev–Trinajstić information content (AvgIpc) is 2.73. The molecule has 0 saturated carbocycles. The molecule has 0 atom stereocenters. The largest absolute Gasteiger partial charge is 0.347 e. The quantitative estimate of drug-likeness (QED) is 0.512. The first-order valence-electron chi connectivity index (χ1n) is 10.8. The number of nitrogens with zero attached hydrogens (tertiary/aromatic N) is 2. The van der Waals surface area contributed by atoms with Gasteiger partial charge in [-0.15, -0.1) is 0 Å². The van der Waals surface area contributed by atoms with E-state index in [9.17, 15) is 4.79 Å². The molecule has 0 aromatic heterocycles. The number of hydrogen-bond donors (Lipinski definition) is 1. The summed E-state index contributed by atoms with van der Waals surface area (Å²) in [6, 6.07) is 10.5. The Morgan fingerprint density at radius 1 is 1.04 bits per heavy atom. The molecule has 1 aliphatic heterocycles. The molecule has 1 aromatic rings. The van der Waals surface area contributed by atoms with E-state index in [-0.39, 0.29) is 5.24 Å². The lowest BCUT2D eigenvalue weighted by Gasteiger charge is -2.34. The van der Waals surface area contributed by atoms with Crippen molar-refractivity contribution >= 4 is 23.1 Å². The number of carbonyl (C=O) groups excluding carboxylic acids is 1. The number of rotatable bonds is 12. The maximum atomic E-state index is 11.8. The van der Waals surface area contributed by atoms with Gasteiger partial charge in [0.25, 0.3) is 5.24 Å². The molecule has 1 N–H and O–H groups in total. The molecule has 1 saturated heterocycles. The standard InChI is InChI=1S/C23H37N3OS/c1-2-3-4-8-14-24-23(27)28-21-10-16-26-19-17-25(18-20-26)15-9-13-22-11-6-5-7-12-22/h5-7,9,11-13H,2-4,8,10,14-21H2,1H3,(H,24,27)/b13-9+. The molecule has 0 bridgehead atoms. The SMILES string of the molecule is CCCCCCNC(=O)SCCCN1CCN(C/C=C/c2ccccc2)CC1. The summed E-state index contributed by atoms with van der Waals surface area (Å²) in [6.45, 7) is 9.68. The Balaban J connectivity index is 1.46. The van der Waals surface area contributed by atoms with Crippen LogP contribution < -0.4 is 5.32 Å². The maximum Gasteiger partial charge on any atom is 0.279 e. The highest BCUT2D eigenvalue weighted by molar-refractivity contribution is 8.13. The molecule has 5 heteroatoms. The van der Waals surface area contributed by atoms with Gasteiger partial charge in [0.15, 0.2) is 0 Å². The van der Waals surface area contributed by atoms with Gasteiger partial charge in [0.05, 0.1) is 0 Å². The van der Waals surface area contributed by atoms with Crippen molar-refractivity contribution in [2.24, 2.45) is 0 Å². The Morgan fingerprint density at radius 2 is 1.79 bits per heavy atom. The average molecular weight is 404 g/mol. The van der Waals surface area contributed by atoms with E-state index in [0.717, 1.165) is 64.4 Å². The van der Waals surface area contributed by atoms with Gasteiger partial charge in [-0.05, 0) is 24.9 Å². The molecule has 0 spiro atoms. The fourth-order valence-corrected chi connectivity index (χ4v) is 4.01. The van der Waals surface area contributed by atoms with E-state index in [4.69, 9.17) is 0 Å². The third-order valence-electron chi connectivity index (χ3n) is 5.09. The first kappa shape index (κ1) is 23.0. The van der Waals surface area contributed by atoms with Crippen LogP contribution in [-0.2, 0) is 0 Å². The van der Waals surface area contributed by atoms with Crippen LogP contribution in [0.4, 0.5) is 4.79 Å². The molecule has 0 radical (unpaired) electrons. The Kier molecular flexibility index (Phi) is 12.0. The highest BCUT2D eigenvalue weighted by Crippen LogP contribution is 2.08. The van der Waals surface area contributed by atoms with Crippen LogP contribution in [0.5, 0.6) is 0 Å². The second-order valence-electron chi connectivity index (χ2n) is 7.43. The van der Waals surface area contributed by atoms with Crippen LogP contribution in [-0.4, -0.2) is 66.6 Å². The van der Waals surface area contributed by atoms with E-state index in [1.807, 2.05) is 0 Å². The molecule has 156 valence electrons. The van der Waals surface area contributed by atoms with Gasteiger partial charge in [-0.25, -0.2) is 0 Å². The molecule has 1 aromatic carbocycles. The zero-order valence-electron chi connectivity index (χ0n) is 17.4. The van der Waals surface area contributed by atoms with Crippen molar-refractivity contribution in [1.82, 2.24) is 15.1 Å². The van der Waals surface area contributed by atoms with Gasteiger partial charge in [0.1, 0.15) is 0 Å². The van der Waals surface area contributed by atoms with E-state index in [1.54, 1.807) is 0 Å². The topological polar surface area (TPSA) is 35.6 Å². The monoisotopic (exact) mass is 403 g/mol. The number of benzene rings is 1. The zero-order valence-corrected chi connectivity index (χ0v) is 18.3. The molecule has 1 heterocycles. The van der Waals surface area contributed by atoms with E-state index in [1.165, 1.54) is 36.6 Å². The highest BCUT2D eigenvalue weighted by Gasteiger charge is 2.15. The molecular weight excluding hydrogens is 366 g/mol. The number of amides is 1. The van der Waals surface area contributed by atoms with Gasteiger partial charge in [-0.3, -0.25) is 9.69 Å². The highest BCUT2D eigenvalue weighted by atomic mass is 32.2. The summed E-state index contributed by atoms with van der Waals surface area (Å²) in [7, 11) is 0. The van der Waals surface area contributed by atoms with Gasteiger partial charge in [-0.1, -0.05) is 80.4 Å². The number of unbranched alkanes of at least 4 members (excludes halogenated alkanes) is 3. The van der Waals surface area contributed by atoms with Crippen molar-refractivity contribution in [2.45, 2.75) is 39.0 Å². The summed E-state index contributed by atoms with van der Waals surface area (Å²) >= 11 is 1.44. The van der Waals surface area contributed by atoms with Crippen LogP contribution in [0.3, 0.4) is 0 Å². The zero-order chi connectivity index (χ0) is 19.9. The van der Waals surface area contributed by atoms with Gasteiger partial charge >= 0.3 is 0 Å². The van der Waals surface area contributed by atoms with Crippen LogP contribution in [0, 0.1) is 0 Å². The predicted octanol–water partition coefficient (Wildman–Crippen LogP) is 4.73. The number of piperazine rings is 1. The van der Waals surface area contributed by atoms with E-state index in [2.05, 4.69) is 64.5 Å². The summed E-state index contributed by atoms with van der Waals surface area (Å²) in [5.74, 6) is 0.917. The molecule has 28 heavy (non-hydrogen) atoms. The number of nitrogens with one attached hydrogen (secondary N) is 1. The number of thioether (sulfide) groups is 1. The molecular formula is C23H37N3OS. The van der Waals surface area contributed by atoms with Gasteiger partial charge in [0, 0.05) is 45.0 Å². The fraction of sp³-hybridized carbons (Fsp3) is 0.609. The molecule has 2 rings (SSSR count). The van der Waals surface area contributed by atoms with Crippen molar-refractivity contribution in [2.75, 3.05) is 51.6 Å². The van der Waals surface area contributed by atoms with E-state index < -0.39 is 0 Å². The van der Waals surface area contributed by atoms with Crippen molar-refractivity contribution in [3.63, 3.8) is 0 Å². The van der Waals surface area contributed by atoms with Gasteiger partial charge in [0.2, 0.25) is 0 Å². The van der Waals surface area contributed by atoms with Crippen molar-refractivity contribution in [3.05, 3.63) is 42.0 Å². The lowest BCUT2D eigenvalue weighted by Crippen LogP contribution is -2.46. The number of carbonyl (C=O) groups is 1. The van der Waals surface area contributed by atoms with Crippen LogP contribution in [0.25, 0.3) is 6.08 Å². The molecule has 1 aliphatic rings. The first-order chi connectivity index (χ1) is 13.8. The minimum absolute atomic E-state index is 0.145. The molecule has 1 fully saturated rings. The first-order valence-corrected chi connectivity index (χ1v) is 11.8. The number of hydrogen-bond acceptors (Lipinski definition) is 4. The summed E-state index contributed by atoms with van der Waals surface area (Å²) < 4.78 is 0. The lowest BCUT2D eigenvalue weighted by atomic mass is 10.2. The Hall–Kier alpha value is -1.30. The van der Waals surface area contributed by atoms with Crippen molar-refractivity contribution in [1.29, 1.82) is 0 Å². The van der Waals surface area contributed by atoms with Crippen LogP contribution in [0.1, 0.15) is 44.6 Å². The van der Waals surface area contributed by atoms with E-state index in [0.29, 0.717) is 0 Å². The summed E-state index contributed by atoms with van der Waals surface area (Å²) in [4.78, 5) is 16.8. The molecule has 1 amide bonds. The van der Waals surface area contributed by atoms with Gasteiger partial charge in [-0.2, -0.15) is 0 Å². The maximum absolute atomic E-state index is 11.8. The van der Waals surface area contributed by atoms with Crippen LogP contribution in [0.15, 0.2) is 36.4 Å². The second-order valence-corrected chi connectivity index (χ2v) is 8.50. The van der Waals surface area contributed by atoms with Crippen molar-refractivity contribution < 1.29 is 4.79 Å². The Morgan fingerprint density at radius 3 is 2.54 bits per heavy atom. The fourth-order valence-electron chi connectivity index (χ4n) is 3.34. The Labute approximate surface area is 175 Å². The summed E-state index contributed by atoms with van der Waals surface area (Å²) in [5, 5.41) is 3.16. The normalized spacial score (nSPS) is 15.9. The minimum Gasteiger partial charge on any atom is -0.347 e. The molecule has 4 nitrogen and oxygen atoms in total. The smallest absolute Gasteiger partial charge is 0.279 e.